The van der Waals surface area contributed by atoms with Crippen LogP contribution in [0.25, 0.3) is 0 Å². The maximum absolute atomic E-state index is 8.94. The predicted molar refractivity (Wildman–Crippen MR) is 61.8 cm³/mol. The van der Waals surface area contributed by atoms with Gasteiger partial charge in [-0.1, -0.05) is 31.2 Å². The molecule has 0 heterocycles. The molecule has 0 aliphatic heterocycles. The zero-order chi connectivity index (χ0) is 11.1. The van der Waals surface area contributed by atoms with E-state index in [1.807, 2.05) is 6.92 Å². The van der Waals surface area contributed by atoms with Gasteiger partial charge in [-0.2, -0.15) is 0 Å². The zero-order valence-electron chi connectivity index (χ0n) is 9.32. The fourth-order valence-electron chi connectivity index (χ4n) is 1.59. The number of benzene rings is 1. The second-order valence-corrected chi connectivity index (χ2v) is 4.14. The van der Waals surface area contributed by atoms with Crippen LogP contribution in [-0.4, -0.2) is 23.4 Å². The van der Waals surface area contributed by atoms with E-state index in [9.17, 15) is 0 Å². The van der Waals surface area contributed by atoms with E-state index in [1.165, 1.54) is 11.1 Å². The van der Waals surface area contributed by atoms with E-state index in [0.29, 0.717) is 5.92 Å². The first-order valence-electron chi connectivity index (χ1n) is 5.55. The lowest BCUT2D eigenvalue weighted by Gasteiger charge is -2.08. The highest BCUT2D eigenvalue weighted by molar-refractivity contribution is 5.23. The third-order valence-corrected chi connectivity index (χ3v) is 2.54. The van der Waals surface area contributed by atoms with Gasteiger partial charge < -0.3 is 10.2 Å². The van der Waals surface area contributed by atoms with E-state index in [1.54, 1.807) is 0 Å². The summed E-state index contributed by atoms with van der Waals surface area (Å²) < 4.78 is 0. The first-order valence-corrected chi connectivity index (χ1v) is 5.55. The lowest BCUT2D eigenvalue weighted by atomic mass is 10.00. The monoisotopic (exact) mass is 208 g/mol. The van der Waals surface area contributed by atoms with Gasteiger partial charge in [-0.3, -0.25) is 0 Å². The van der Waals surface area contributed by atoms with Crippen molar-refractivity contribution in [2.75, 3.05) is 13.2 Å². The van der Waals surface area contributed by atoms with Crippen molar-refractivity contribution >= 4 is 0 Å². The highest BCUT2D eigenvalue weighted by Gasteiger charge is 2.01. The maximum atomic E-state index is 8.94. The van der Waals surface area contributed by atoms with Crippen molar-refractivity contribution < 1.29 is 10.2 Å². The topological polar surface area (TPSA) is 40.5 Å². The molecule has 2 heteroatoms. The number of hydrogen-bond donors (Lipinski definition) is 2. The Morgan fingerprint density at radius 3 is 2.20 bits per heavy atom. The highest BCUT2D eigenvalue weighted by Crippen LogP contribution is 2.11. The summed E-state index contributed by atoms with van der Waals surface area (Å²) in [5, 5.41) is 17.6. The van der Waals surface area contributed by atoms with Crippen LogP contribution < -0.4 is 0 Å². The summed E-state index contributed by atoms with van der Waals surface area (Å²) in [6.45, 7) is 2.54. The second kappa shape index (κ2) is 6.59. The molecule has 15 heavy (non-hydrogen) atoms. The number of aryl methyl sites for hydroxylation is 1. The lowest BCUT2D eigenvalue weighted by molar-refractivity contribution is 0.237. The highest BCUT2D eigenvalue weighted by atomic mass is 16.3. The molecule has 0 spiro atoms. The lowest BCUT2D eigenvalue weighted by Crippen LogP contribution is -2.04. The van der Waals surface area contributed by atoms with Crippen LogP contribution in [0.4, 0.5) is 0 Å². The Morgan fingerprint density at radius 1 is 1.07 bits per heavy atom. The standard InChI is InChI=1S/C13H20O2/c1-11(10-15)9-13-6-4-12(5-7-13)3-2-8-14/h4-7,11,14-15H,2-3,8-10H2,1H3. The summed E-state index contributed by atoms with van der Waals surface area (Å²) in [5.74, 6) is 0.327. The van der Waals surface area contributed by atoms with Gasteiger partial charge in [0.15, 0.2) is 0 Å². The molecule has 1 unspecified atom stereocenters. The summed E-state index contributed by atoms with van der Waals surface area (Å²) >= 11 is 0. The molecule has 0 bridgehead atoms. The minimum absolute atomic E-state index is 0.242. The predicted octanol–water partition coefficient (Wildman–Crippen LogP) is 1.78. The van der Waals surface area contributed by atoms with Gasteiger partial charge in [0.2, 0.25) is 0 Å². The molecule has 2 N–H and O–H groups in total. The maximum Gasteiger partial charge on any atom is 0.0459 e. The quantitative estimate of drug-likeness (QED) is 0.748. The van der Waals surface area contributed by atoms with Crippen LogP contribution in [0.15, 0.2) is 24.3 Å². The van der Waals surface area contributed by atoms with Crippen molar-refractivity contribution in [1.82, 2.24) is 0 Å². The molecule has 1 aromatic carbocycles. The third kappa shape index (κ3) is 4.45. The minimum Gasteiger partial charge on any atom is -0.396 e. The van der Waals surface area contributed by atoms with Crippen molar-refractivity contribution in [3.05, 3.63) is 35.4 Å². The SMILES string of the molecule is CC(CO)Cc1ccc(CCCO)cc1. The zero-order valence-corrected chi connectivity index (χ0v) is 9.32. The van der Waals surface area contributed by atoms with Crippen molar-refractivity contribution in [2.24, 2.45) is 5.92 Å². The van der Waals surface area contributed by atoms with Gasteiger partial charge in [-0.15, -0.1) is 0 Å². The Labute approximate surface area is 91.6 Å². The molecule has 0 radical (unpaired) electrons. The van der Waals surface area contributed by atoms with Gasteiger partial charge in [-0.05, 0) is 36.3 Å². The molecular formula is C13H20O2. The van der Waals surface area contributed by atoms with Gasteiger partial charge in [0.1, 0.15) is 0 Å². The number of rotatable bonds is 6. The van der Waals surface area contributed by atoms with Crippen molar-refractivity contribution in [1.29, 1.82) is 0 Å². The number of hydrogen-bond acceptors (Lipinski definition) is 2. The third-order valence-electron chi connectivity index (χ3n) is 2.54. The first kappa shape index (κ1) is 12.2. The van der Waals surface area contributed by atoms with E-state index < -0.39 is 0 Å². The molecule has 1 rings (SSSR count). The molecule has 0 saturated heterocycles. The van der Waals surface area contributed by atoms with E-state index >= 15 is 0 Å². The molecule has 0 aliphatic rings. The molecule has 0 saturated carbocycles. The van der Waals surface area contributed by atoms with Gasteiger partial charge in [0.25, 0.3) is 0 Å². The molecule has 0 fully saturated rings. The Kier molecular flexibility index (Phi) is 5.37. The van der Waals surface area contributed by atoms with Crippen LogP contribution in [0.1, 0.15) is 24.5 Å². The van der Waals surface area contributed by atoms with Gasteiger partial charge in [-0.25, -0.2) is 0 Å². The molecule has 1 atom stereocenters. The van der Waals surface area contributed by atoms with Crippen molar-refractivity contribution in [3.8, 4) is 0 Å². The van der Waals surface area contributed by atoms with Crippen molar-refractivity contribution in [3.63, 3.8) is 0 Å². The average molecular weight is 208 g/mol. The van der Waals surface area contributed by atoms with Gasteiger partial charge in [0.05, 0.1) is 0 Å². The Morgan fingerprint density at radius 2 is 1.67 bits per heavy atom. The van der Waals surface area contributed by atoms with Crippen LogP contribution in [0.3, 0.4) is 0 Å². The number of aliphatic hydroxyl groups excluding tert-OH is 2. The smallest absolute Gasteiger partial charge is 0.0459 e. The fourth-order valence-corrected chi connectivity index (χ4v) is 1.59. The Balaban J connectivity index is 2.48. The Bertz CT molecular complexity index is 266. The van der Waals surface area contributed by atoms with E-state index in [2.05, 4.69) is 24.3 Å². The minimum atomic E-state index is 0.242. The van der Waals surface area contributed by atoms with Crippen LogP contribution in [-0.2, 0) is 12.8 Å². The van der Waals surface area contributed by atoms with Crippen LogP contribution in [0.5, 0.6) is 0 Å². The van der Waals surface area contributed by atoms with Gasteiger partial charge >= 0.3 is 0 Å². The fraction of sp³-hybridized carbons (Fsp3) is 0.538. The van der Waals surface area contributed by atoms with Crippen LogP contribution in [0, 0.1) is 5.92 Å². The van der Waals surface area contributed by atoms with Crippen LogP contribution in [0.2, 0.25) is 0 Å². The molecule has 0 amide bonds. The summed E-state index contributed by atoms with van der Waals surface area (Å²) in [5.41, 5.74) is 2.54. The summed E-state index contributed by atoms with van der Waals surface area (Å²) in [4.78, 5) is 0. The molecule has 0 aliphatic carbocycles. The van der Waals surface area contributed by atoms with Crippen LogP contribution >= 0.6 is 0 Å². The normalized spacial score (nSPS) is 12.7. The first-order chi connectivity index (χ1) is 7.26. The average Bonchev–Trinajstić information content (AvgIpc) is 2.28. The molecule has 1 aromatic rings. The molecule has 0 aromatic heterocycles. The van der Waals surface area contributed by atoms with E-state index in [4.69, 9.17) is 10.2 Å². The molecular weight excluding hydrogens is 188 g/mol. The molecule has 84 valence electrons. The Hall–Kier alpha value is -0.860. The van der Waals surface area contributed by atoms with E-state index in [-0.39, 0.29) is 13.2 Å². The molecule has 2 nitrogen and oxygen atoms in total. The van der Waals surface area contributed by atoms with Crippen molar-refractivity contribution in [2.45, 2.75) is 26.2 Å². The van der Waals surface area contributed by atoms with E-state index in [0.717, 1.165) is 19.3 Å². The second-order valence-electron chi connectivity index (χ2n) is 4.14. The number of aliphatic hydroxyl groups is 2. The summed E-state index contributed by atoms with van der Waals surface area (Å²) in [6, 6.07) is 8.43. The summed E-state index contributed by atoms with van der Waals surface area (Å²) in [7, 11) is 0. The summed E-state index contributed by atoms with van der Waals surface area (Å²) in [6.07, 6.45) is 2.69. The van der Waals surface area contributed by atoms with Gasteiger partial charge in [0, 0.05) is 13.2 Å². The largest absolute Gasteiger partial charge is 0.396 e.